The largest absolute Gasteiger partial charge is 0.350 e. The lowest BCUT2D eigenvalue weighted by Gasteiger charge is -2.31. The molecule has 0 bridgehead atoms. The van der Waals surface area contributed by atoms with Crippen molar-refractivity contribution in [2.45, 2.75) is 63.9 Å². The summed E-state index contributed by atoms with van der Waals surface area (Å²) in [4.78, 5) is 0. The molecule has 2 heterocycles. The number of hydrogen-bond donors (Lipinski definition) is 0. The Hall–Kier alpha value is 0.540. The highest BCUT2D eigenvalue weighted by Gasteiger charge is 2.32. The van der Waals surface area contributed by atoms with Gasteiger partial charge in [-0.25, -0.2) is 0 Å². The molecule has 2 saturated heterocycles. The van der Waals surface area contributed by atoms with Gasteiger partial charge in [-0.05, 0) is 74.7 Å². The maximum absolute atomic E-state index is 5.69. The number of ether oxygens (including phenoxy) is 4. The molecule has 0 aromatic heterocycles. The molecule has 4 rings (SSSR count). The van der Waals surface area contributed by atoms with Crippen molar-refractivity contribution in [3.8, 4) is 0 Å². The van der Waals surface area contributed by atoms with Crippen molar-refractivity contribution in [1.29, 1.82) is 0 Å². The Morgan fingerprint density at radius 2 is 0.889 bits per heavy atom. The minimum Gasteiger partial charge on any atom is -0.350 e. The van der Waals surface area contributed by atoms with Crippen molar-refractivity contribution < 1.29 is 18.9 Å². The van der Waals surface area contributed by atoms with Gasteiger partial charge in [0, 0.05) is 16.9 Å². The first-order valence-corrected chi connectivity index (χ1v) is 13.3. The number of rotatable bonds is 8. The van der Waals surface area contributed by atoms with E-state index in [9.17, 15) is 0 Å². The van der Waals surface area contributed by atoms with Gasteiger partial charge in [-0.15, -0.1) is 0 Å². The summed E-state index contributed by atoms with van der Waals surface area (Å²) >= 11 is 4.33. The molecule has 156 valence electrons. The van der Waals surface area contributed by atoms with Crippen LogP contribution in [0.1, 0.15) is 51.4 Å². The molecular weight excluding hydrogens is 380 g/mol. The summed E-state index contributed by atoms with van der Waals surface area (Å²) in [5, 5.41) is 1.27. The van der Waals surface area contributed by atoms with E-state index in [1.807, 2.05) is 0 Å². The van der Waals surface area contributed by atoms with Crippen molar-refractivity contribution in [2.24, 2.45) is 23.7 Å². The standard InChI is InChI=1S/C21H36O4S2/c1-5-18(20-22-9-10-23-20)6-2-16(1)13-26-15-27-14-17-3-7-19(8-4-17)21-24-11-12-25-21/h16-21H,1-15H2. The van der Waals surface area contributed by atoms with Crippen LogP contribution in [0.5, 0.6) is 0 Å². The predicted octanol–water partition coefficient (Wildman–Crippen LogP) is 4.77. The average molecular weight is 417 g/mol. The van der Waals surface area contributed by atoms with Crippen LogP contribution in [0.25, 0.3) is 0 Å². The molecule has 4 aliphatic rings. The van der Waals surface area contributed by atoms with E-state index in [1.54, 1.807) is 0 Å². The van der Waals surface area contributed by atoms with E-state index < -0.39 is 0 Å². The third kappa shape index (κ3) is 6.26. The van der Waals surface area contributed by atoms with E-state index >= 15 is 0 Å². The van der Waals surface area contributed by atoms with Gasteiger partial charge in [0.05, 0.1) is 26.4 Å². The van der Waals surface area contributed by atoms with Gasteiger partial charge in [0.15, 0.2) is 12.6 Å². The second-order valence-corrected chi connectivity index (χ2v) is 11.1. The van der Waals surface area contributed by atoms with Gasteiger partial charge >= 0.3 is 0 Å². The summed E-state index contributed by atoms with van der Waals surface area (Å²) in [7, 11) is 0. The van der Waals surface area contributed by atoms with Crippen LogP contribution >= 0.6 is 23.5 Å². The van der Waals surface area contributed by atoms with Gasteiger partial charge in [0.1, 0.15) is 0 Å². The second-order valence-electron chi connectivity index (χ2n) is 8.64. The van der Waals surface area contributed by atoms with Crippen LogP contribution in [-0.4, -0.2) is 55.6 Å². The normalized spacial score (nSPS) is 36.4. The summed E-state index contributed by atoms with van der Waals surface area (Å²) < 4.78 is 22.8. The van der Waals surface area contributed by atoms with Gasteiger partial charge < -0.3 is 18.9 Å². The molecule has 2 aliphatic carbocycles. The first-order valence-electron chi connectivity index (χ1n) is 11.0. The summed E-state index contributed by atoms with van der Waals surface area (Å²) in [6.07, 6.45) is 10.8. The lowest BCUT2D eigenvalue weighted by Crippen LogP contribution is -2.27. The highest BCUT2D eigenvalue weighted by molar-refractivity contribution is 8.15. The van der Waals surface area contributed by atoms with Crippen LogP contribution in [-0.2, 0) is 18.9 Å². The van der Waals surface area contributed by atoms with Gasteiger partial charge in [0.25, 0.3) is 0 Å². The maximum atomic E-state index is 5.69. The average Bonchev–Trinajstić information content (AvgIpc) is 3.43. The van der Waals surface area contributed by atoms with E-state index in [-0.39, 0.29) is 12.6 Å². The Bertz CT molecular complexity index is 372. The van der Waals surface area contributed by atoms with Gasteiger partial charge in [-0.2, -0.15) is 23.5 Å². The molecule has 0 aromatic rings. The Morgan fingerprint density at radius 3 is 1.26 bits per heavy atom. The predicted molar refractivity (Wildman–Crippen MR) is 112 cm³/mol. The Balaban J connectivity index is 1.01. The fourth-order valence-electron chi connectivity index (χ4n) is 5.04. The van der Waals surface area contributed by atoms with Crippen LogP contribution in [0.3, 0.4) is 0 Å². The summed E-state index contributed by atoms with van der Waals surface area (Å²) in [6, 6.07) is 0. The lowest BCUT2D eigenvalue weighted by molar-refractivity contribution is -0.0946. The minimum absolute atomic E-state index is 0.107. The monoisotopic (exact) mass is 416 g/mol. The van der Waals surface area contributed by atoms with Crippen molar-refractivity contribution in [3.05, 3.63) is 0 Å². The van der Waals surface area contributed by atoms with Crippen LogP contribution in [0.15, 0.2) is 0 Å². The third-order valence-corrected chi connectivity index (χ3v) is 9.47. The van der Waals surface area contributed by atoms with E-state index in [0.29, 0.717) is 11.8 Å². The van der Waals surface area contributed by atoms with Crippen LogP contribution < -0.4 is 0 Å². The van der Waals surface area contributed by atoms with Crippen molar-refractivity contribution >= 4 is 23.5 Å². The molecule has 2 saturated carbocycles. The molecule has 2 aliphatic heterocycles. The molecule has 6 heteroatoms. The van der Waals surface area contributed by atoms with Crippen molar-refractivity contribution in [1.82, 2.24) is 0 Å². The first-order chi connectivity index (χ1) is 13.4. The summed E-state index contributed by atoms with van der Waals surface area (Å²) in [5.41, 5.74) is 0. The zero-order valence-corrected chi connectivity index (χ0v) is 18.2. The number of thioether (sulfide) groups is 2. The van der Waals surface area contributed by atoms with Gasteiger partial charge in [-0.3, -0.25) is 0 Å². The quantitative estimate of drug-likeness (QED) is 0.419. The molecule has 0 atom stereocenters. The van der Waals surface area contributed by atoms with Crippen molar-refractivity contribution in [3.63, 3.8) is 0 Å². The van der Waals surface area contributed by atoms with Gasteiger partial charge in [0.2, 0.25) is 0 Å². The molecule has 27 heavy (non-hydrogen) atoms. The molecule has 4 nitrogen and oxygen atoms in total. The van der Waals surface area contributed by atoms with Gasteiger partial charge in [-0.1, -0.05) is 0 Å². The molecular formula is C21H36O4S2. The zero-order valence-electron chi connectivity index (χ0n) is 16.5. The van der Waals surface area contributed by atoms with E-state index in [1.165, 1.54) is 68.0 Å². The second kappa shape index (κ2) is 11.1. The smallest absolute Gasteiger partial charge is 0.160 e. The minimum atomic E-state index is 0.107. The molecule has 0 unspecified atom stereocenters. The topological polar surface area (TPSA) is 36.9 Å². The molecule has 4 fully saturated rings. The molecule has 0 radical (unpaired) electrons. The molecule has 0 amide bonds. The Labute approximate surface area is 173 Å². The summed E-state index contributed by atoms with van der Waals surface area (Å²) in [5.74, 6) is 5.81. The Kier molecular flexibility index (Phi) is 8.53. The van der Waals surface area contributed by atoms with Crippen LogP contribution in [0.4, 0.5) is 0 Å². The Morgan fingerprint density at radius 1 is 0.519 bits per heavy atom. The van der Waals surface area contributed by atoms with E-state index in [0.717, 1.165) is 38.3 Å². The maximum Gasteiger partial charge on any atom is 0.160 e. The molecule has 0 N–H and O–H groups in total. The molecule has 0 spiro atoms. The fraction of sp³-hybridized carbons (Fsp3) is 1.00. The van der Waals surface area contributed by atoms with E-state index in [4.69, 9.17) is 18.9 Å². The third-order valence-electron chi connectivity index (χ3n) is 6.72. The zero-order chi connectivity index (χ0) is 18.3. The van der Waals surface area contributed by atoms with Crippen LogP contribution in [0, 0.1) is 23.7 Å². The summed E-state index contributed by atoms with van der Waals surface area (Å²) in [6.45, 7) is 3.17. The highest BCUT2D eigenvalue weighted by Crippen LogP contribution is 2.37. The first kappa shape index (κ1) is 20.8. The van der Waals surface area contributed by atoms with Crippen molar-refractivity contribution in [2.75, 3.05) is 43.0 Å². The van der Waals surface area contributed by atoms with Crippen LogP contribution in [0.2, 0.25) is 0 Å². The fourth-order valence-corrected chi connectivity index (χ4v) is 7.61. The number of hydrogen-bond acceptors (Lipinski definition) is 6. The SMILES string of the molecule is C1COC(C2CCC(CSCSCC3CCC(C4OCCO4)CC3)CC2)O1. The molecule has 0 aromatic carbocycles. The lowest BCUT2D eigenvalue weighted by atomic mass is 9.82. The van der Waals surface area contributed by atoms with E-state index in [2.05, 4.69) is 23.5 Å². The highest BCUT2D eigenvalue weighted by atomic mass is 32.2.